The van der Waals surface area contributed by atoms with E-state index in [1.807, 2.05) is 18.2 Å². The zero-order valence-corrected chi connectivity index (χ0v) is 23.6. The normalized spacial score (nSPS) is 15.4. The summed E-state index contributed by atoms with van der Waals surface area (Å²) in [5.41, 5.74) is 3.65. The largest absolute Gasteiger partial charge is 0.313 e. The van der Waals surface area contributed by atoms with E-state index in [1.165, 1.54) is 39.0 Å². The number of amides is 1. The maximum absolute atomic E-state index is 13.3. The van der Waals surface area contributed by atoms with Gasteiger partial charge in [-0.1, -0.05) is 31.2 Å². The minimum Gasteiger partial charge on any atom is -0.313 e. The molecule has 0 saturated heterocycles. The number of anilines is 1. The number of nitrogens with one attached hydrogen (secondary N) is 1. The minimum atomic E-state index is -3.74. The Balaban J connectivity index is 1.45. The molecule has 4 aromatic rings. The molecule has 2 aromatic carbocycles. The van der Waals surface area contributed by atoms with Crippen molar-refractivity contribution in [2.75, 3.05) is 18.4 Å². The Labute approximate surface area is 231 Å². The van der Waals surface area contributed by atoms with Crippen molar-refractivity contribution < 1.29 is 13.2 Å². The summed E-state index contributed by atoms with van der Waals surface area (Å²) in [6.45, 7) is 9.89. The van der Waals surface area contributed by atoms with E-state index >= 15 is 0 Å². The number of thiophene rings is 1. The summed E-state index contributed by atoms with van der Waals surface area (Å²) in [6, 6.07) is 14.1. The summed E-state index contributed by atoms with van der Waals surface area (Å²) in [7, 11) is -3.74. The SMILES string of the molecule is C=CCN(CC=C)S(=O)(=O)c1ccc(C(=O)Nc2sc3c(c2-c2nc4ccccc4s2)CCC(C)C3)cc1. The van der Waals surface area contributed by atoms with Crippen LogP contribution in [0.3, 0.4) is 0 Å². The molecule has 0 saturated carbocycles. The van der Waals surface area contributed by atoms with Crippen molar-refractivity contribution in [1.29, 1.82) is 0 Å². The number of sulfonamides is 1. The lowest BCUT2D eigenvalue weighted by atomic mass is 9.88. The maximum Gasteiger partial charge on any atom is 0.256 e. The van der Waals surface area contributed by atoms with Crippen LogP contribution in [0.15, 0.2) is 78.7 Å². The lowest BCUT2D eigenvalue weighted by Gasteiger charge is -2.19. The third-order valence-corrected chi connectivity index (χ3v) is 10.7. The number of para-hydroxylation sites is 1. The number of thiazole rings is 1. The predicted molar refractivity (Wildman–Crippen MR) is 158 cm³/mol. The smallest absolute Gasteiger partial charge is 0.256 e. The number of benzene rings is 2. The molecular weight excluding hydrogens is 535 g/mol. The van der Waals surface area contributed by atoms with E-state index in [0.717, 1.165) is 45.1 Å². The summed E-state index contributed by atoms with van der Waals surface area (Å²) in [5.74, 6) is 0.321. The first-order valence-corrected chi connectivity index (χ1v) is 15.5. The number of nitrogens with zero attached hydrogens (tertiary/aromatic N) is 2. The van der Waals surface area contributed by atoms with Crippen LogP contribution >= 0.6 is 22.7 Å². The Hall–Kier alpha value is -3.11. The van der Waals surface area contributed by atoms with E-state index < -0.39 is 10.0 Å². The molecule has 0 fully saturated rings. The highest BCUT2D eigenvalue weighted by Crippen LogP contribution is 2.47. The zero-order chi connectivity index (χ0) is 26.9. The molecule has 196 valence electrons. The molecule has 5 rings (SSSR count). The second-order valence-corrected chi connectivity index (χ2v) is 13.5. The summed E-state index contributed by atoms with van der Waals surface area (Å²) < 4.78 is 28.4. The molecular formula is C29H29N3O3S3. The molecule has 38 heavy (non-hydrogen) atoms. The molecule has 0 bridgehead atoms. The van der Waals surface area contributed by atoms with Crippen molar-refractivity contribution >= 4 is 53.8 Å². The van der Waals surface area contributed by atoms with Crippen LogP contribution in [0.1, 0.15) is 34.1 Å². The van der Waals surface area contributed by atoms with Crippen molar-refractivity contribution in [2.24, 2.45) is 5.92 Å². The highest BCUT2D eigenvalue weighted by molar-refractivity contribution is 7.89. The van der Waals surface area contributed by atoms with Crippen LogP contribution in [0.4, 0.5) is 5.00 Å². The maximum atomic E-state index is 13.3. The Morgan fingerprint density at radius 2 is 1.82 bits per heavy atom. The van der Waals surface area contributed by atoms with Gasteiger partial charge in [0.25, 0.3) is 5.91 Å². The topological polar surface area (TPSA) is 79.4 Å². The first kappa shape index (κ1) is 26.5. The van der Waals surface area contributed by atoms with Crippen molar-refractivity contribution in [3.8, 4) is 10.6 Å². The average molecular weight is 564 g/mol. The van der Waals surface area contributed by atoms with E-state index in [0.29, 0.717) is 11.5 Å². The van der Waals surface area contributed by atoms with Crippen LogP contribution < -0.4 is 5.32 Å². The average Bonchev–Trinajstić information content (AvgIpc) is 3.48. The van der Waals surface area contributed by atoms with Gasteiger partial charge in [0, 0.05) is 29.1 Å². The Morgan fingerprint density at radius 3 is 2.50 bits per heavy atom. The van der Waals surface area contributed by atoms with Gasteiger partial charge in [0.05, 0.1) is 15.1 Å². The fourth-order valence-corrected chi connectivity index (χ4v) is 8.60. The number of rotatable bonds is 9. The third-order valence-electron chi connectivity index (χ3n) is 6.67. The molecule has 2 aromatic heterocycles. The van der Waals surface area contributed by atoms with Gasteiger partial charge in [0.1, 0.15) is 10.0 Å². The van der Waals surface area contributed by atoms with E-state index in [4.69, 9.17) is 4.98 Å². The second-order valence-electron chi connectivity index (χ2n) is 9.42. The fraction of sp³-hybridized carbons (Fsp3) is 0.241. The molecule has 1 aliphatic carbocycles. The Kier molecular flexibility index (Phi) is 7.63. The standard InChI is InChI=1S/C29H29N3O3S3/c1-4-16-32(17-5-2)38(34,35)21-13-11-20(12-14-21)27(33)31-29-26(22-15-10-19(3)18-25(22)37-29)28-30-23-8-6-7-9-24(23)36-28/h4-9,11-14,19H,1-2,10,15-18H2,3H3,(H,31,33). The number of hydrogen-bond donors (Lipinski definition) is 1. The number of carbonyl (C=O) groups excluding carboxylic acids is 1. The number of carbonyl (C=O) groups is 1. The lowest BCUT2D eigenvalue weighted by Crippen LogP contribution is -2.31. The van der Waals surface area contributed by atoms with Crippen LogP contribution in [-0.2, 0) is 22.9 Å². The zero-order valence-electron chi connectivity index (χ0n) is 21.1. The molecule has 9 heteroatoms. The van der Waals surface area contributed by atoms with Crippen LogP contribution in [0.25, 0.3) is 20.8 Å². The summed E-state index contributed by atoms with van der Waals surface area (Å²) in [4.78, 5) is 19.7. The van der Waals surface area contributed by atoms with Crippen LogP contribution in [0.2, 0.25) is 0 Å². The number of hydrogen-bond acceptors (Lipinski definition) is 6. The van der Waals surface area contributed by atoms with Gasteiger partial charge < -0.3 is 5.32 Å². The summed E-state index contributed by atoms with van der Waals surface area (Å²) in [6.07, 6.45) is 6.14. The lowest BCUT2D eigenvalue weighted by molar-refractivity contribution is 0.102. The van der Waals surface area contributed by atoms with Gasteiger partial charge in [-0.05, 0) is 67.1 Å². The van der Waals surface area contributed by atoms with Crippen LogP contribution in [-0.4, -0.2) is 36.7 Å². The molecule has 1 N–H and O–H groups in total. The van der Waals surface area contributed by atoms with Crippen LogP contribution in [0.5, 0.6) is 0 Å². The second kappa shape index (κ2) is 10.9. The van der Waals surface area contributed by atoms with Crippen molar-refractivity contribution in [3.05, 3.63) is 89.8 Å². The van der Waals surface area contributed by atoms with E-state index in [1.54, 1.807) is 34.8 Å². The molecule has 1 atom stereocenters. The quantitative estimate of drug-likeness (QED) is 0.228. The van der Waals surface area contributed by atoms with Crippen molar-refractivity contribution in [2.45, 2.75) is 31.1 Å². The minimum absolute atomic E-state index is 0.119. The highest BCUT2D eigenvalue weighted by atomic mass is 32.2. The van der Waals surface area contributed by atoms with Gasteiger partial charge >= 0.3 is 0 Å². The van der Waals surface area contributed by atoms with E-state index in [9.17, 15) is 13.2 Å². The first-order valence-electron chi connectivity index (χ1n) is 12.5. The van der Waals surface area contributed by atoms with E-state index in [-0.39, 0.29) is 23.9 Å². The Morgan fingerprint density at radius 1 is 1.11 bits per heavy atom. The molecule has 0 aliphatic heterocycles. The monoisotopic (exact) mass is 563 g/mol. The van der Waals surface area contributed by atoms with Gasteiger partial charge in [-0.2, -0.15) is 4.31 Å². The van der Waals surface area contributed by atoms with Gasteiger partial charge in [-0.15, -0.1) is 35.8 Å². The molecule has 6 nitrogen and oxygen atoms in total. The van der Waals surface area contributed by atoms with Gasteiger partial charge in [0.15, 0.2) is 0 Å². The Bertz CT molecular complexity index is 1570. The van der Waals surface area contributed by atoms with Crippen molar-refractivity contribution in [3.63, 3.8) is 0 Å². The molecule has 1 amide bonds. The van der Waals surface area contributed by atoms with Gasteiger partial charge in [0.2, 0.25) is 10.0 Å². The summed E-state index contributed by atoms with van der Waals surface area (Å²) >= 11 is 3.27. The molecule has 1 aliphatic rings. The molecule has 0 spiro atoms. The number of aromatic nitrogens is 1. The number of fused-ring (bicyclic) bond motifs is 2. The van der Waals surface area contributed by atoms with E-state index in [2.05, 4.69) is 31.5 Å². The van der Waals surface area contributed by atoms with Gasteiger partial charge in [-0.25, -0.2) is 13.4 Å². The third kappa shape index (κ3) is 5.11. The highest BCUT2D eigenvalue weighted by Gasteiger charge is 2.28. The molecule has 1 unspecified atom stereocenters. The predicted octanol–water partition coefficient (Wildman–Crippen LogP) is 6.76. The fourth-order valence-electron chi connectivity index (χ4n) is 4.71. The van der Waals surface area contributed by atoms with Gasteiger partial charge in [-0.3, -0.25) is 4.79 Å². The first-order chi connectivity index (χ1) is 18.3. The summed E-state index contributed by atoms with van der Waals surface area (Å²) in [5, 5.41) is 4.84. The van der Waals surface area contributed by atoms with Crippen molar-refractivity contribution in [1.82, 2.24) is 9.29 Å². The molecule has 2 heterocycles. The van der Waals surface area contributed by atoms with Crippen LogP contribution in [0, 0.1) is 5.92 Å². The molecule has 0 radical (unpaired) electrons.